The lowest BCUT2D eigenvalue weighted by molar-refractivity contribution is 0.234. The lowest BCUT2D eigenvalue weighted by Gasteiger charge is -2.05. The van der Waals surface area contributed by atoms with Crippen molar-refractivity contribution in [3.8, 4) is 0 Å². The van der Waals surface area contributed by atoms with Crippen molar-refractivity contribution in [2.24, 2.45) is 4.99 Å². The Hall–Kier alpha value is -2.78. The van der Waals surface area contributed by atoms with Crippen molar-refractivity contribution in [2.45, 2.75) is 0 Å². The fraction of sp³-hybridized carbons (Fsp3) is 0. The third kappa shape index (κ3) is 3.76. The maximum Gasteiger partial charge on any atom is 0.206 e. The van der Waals surface area contributed by atoms with E-state index < -0.39 is 0 Å². The normalized spacial score (nSPS) is 11.4. The Morgan fingerprint density at radius 1 is 1.08 bits per heavy atom. The van der Waals surface area contributed by atoms with Crippen molar-refractivity contribution in [1.29, 1.82) is 0 Å². The first kappa shape index (κ1) is 16.1. The van der Waals surface area contributed by atoms with E-state index in [4.69, 9.17) is 4.63 Å². The van der Waals surface area contributed by atoms with Crippen LogP contribution in [0.25, 0.3) is 0 Å². The van der Waals surface area contributed by atoms with E-state index in [2.05, 4.69) is 36.6 Å². The van der Waals surface area contributed by atoms with Crippen LogP contribution >= 0.6 is 15.9 Å². The highest BCUT2D eigenvalue weighted by Crippen LogP contribution is 2.21. The molecule has 0 atom stereocenters. The van der Waals surface area contributed by atoms with Crippen LogP contribution in [0.3, 0.4) is 0 Å². The predicted molar refractivity (Wildman–Crippen MR) is 89.2 cm³/mol. The molecular weight excluding hydrogens is 381 g/mol. The SMILES string of the molecule is ONC(=Nc1ccc(F)cc1)c1nonc1Nc1ccc(Br)cc1. The first-order valence-electron chi connectivity index (χ1n) is 6.75. The lowest BCUT2D eigenvalue weighted by atomic mass is 10.3. The Labute approximate surface area is 144 Å². The molecular formula is C15H11BrFN5O2. The molecule has 122 valence electrons. The smallest absolute Gasteiger partial charge is 0.206 e. The number of aliphatic imine (C=N–C) groups is 1. The second-order valence-corrected chi connectivity index (χ2v) is 5.56. The van der Waals surface area contributed by atoms with Crippen molar-refractivity contribution < 1.29 is 14.2 Å². The van der Waals surface area contributed by atoms with Crippen LogP contribution in [-0.2, 0) is 0 Å². The minimum absolute atomic E-state index is 0.00229. The number of halogens is 2. The van der Waals surface area contributed by atoms with Gasteiger partial charge in [-0.1, -0.05) is 15.9 Å². The summed E-state index contributed by atoms with van der Waals surface area (Å²) in [6.45, 7) is 0. The van der Waals surface area contributed by atoms with Crippen LogP contribution < -0.4 is 10.8 Å². The van der Waals surface area contributed by atoms with Crippen molar-refractivity contribution in [1.82, 2.24) is 15.8 Å². The van der Waals surface area contributed by atoms with Crippen molar-refractivity contribution in [2.75, 3.05) is 5.32 Å². The molecule has 7 nitrogen and oxygen atoms in total. The highest BCUT2D eigenvalue weighted by molar-refractivity contribution is 9.10. The van der Waals surface area contributed by atoms with E-state index in [0.717, 1.165) is 10.2 Å². The number of hydroxylamine groups is 1. The summed E-state index contributed by atoms with van der Waals surface area (Å²) in [5.41, 5.74) is 3.29. The van der Waals surface area contributed by atoms with Gasteiger partial charge in [-0.2, -0.15) is 0 Å². The number of nitrogens with one attached hydrogen (secondary N) is 2. The Bertz CT molecular complexity index is 849. The number of benzene rings is 2. The highest BCUT2D eigenvalue weighted by Gasteiger charge is 2.16. The number of nitrogens with zero attached hydrogens (tertiary/aromatic N) is 3. The molecule has 0 fully saturated rings. The summed E-state index contributed by atoms with van der Waals surface area (Å²) in [5, 5.41) is 19.8. The van der Waals surface area contributed by atoms with Crippen molar-refractivity contribution >= 4 is 39.0 Å². The fourth-order valence-corrected chi connectivity index (χ4v) is 2.14. The Kier molecular flexibility index (Phi) is 4.82. The summed E-state index contributed by atoms with van der Waals surface area (Å²) in [5.74, 6) is -0.115. The van der Waals surface area contributed by atoms with Gasteiger partial charge in [0.15, 0.2) is 11.5 Å². The predicted octanol–water partition coefficient (Wildman–Crippen LogP) is 3.77. The molecule has 0 aliphatic rings. The van der Waals surface area contributed by atoms with Gasteiger partial charge in [-0.25, -0.2) is 14.0 Å². The molecule has 24 heavy (non-hydrogen) atoms. The third-order valence-corrected chi connectivity index (χ3v) is 3.52. The molecule has 0 aliphatic heterocycles. The van der Waals surface area contributed by atoms with Gasteiger partial charge in [0.2, 0.25) is 5.82 Å². The van der Waals surface area contributed by atoms with Gasteiger partial charge in [-0.15, -0.1) is 0 Å². The fourth-order valence-electron chi connectivity index (χ4n) is 1.87. The summed E-state index contributed by atoms with van der Waals surface area (Å²) in [7, 11) is 0. The average Bonchev–Trinajstić information content (AvgIpc) is 3.04. The minimum atomic E-state index is -0.381. The van der Waals surface area contributed by atoms with Crippen LogP contribution in [0.5, 0.6) is 0 Å². The van der Waals surface area contributed by atoms with E-state index >= 15 is 0 Å². The van der Waals surface area contributed by atoms with Gasteiger partial charge in [0.25, 0.3) is 0 Å². The maximum atomic E-state index is 12.9. The van der Waals surface area contributed by atoms with Gasteiger partial charge in [0.1, 0.15) is 5.82 Å². The number of rotatable bonds is 4. The molecule has 0 amide bonds. The minimum Gasteiger partial charge on any atom is -0.335 e. The monoisotopic (exact) mass is 391 g/mol. The van der Waals surface area contributed by atoms with Gasteiger partial charge in [0, 0.05) is 10.2 Å². The summed E-state index contributed by atoms with van der Waals surface area (Å²) in [6.07, 6.45) is 0. The number of aromatic nitrogens is 2. The molecule has 2 aromatic carbocycles. The van der Waals surface area contributed by atoms with Crippen LogP contribution in [0.2, 0.25) is 0 Å². The standard InChI is InChI=1S/C15H11BrFN5O2/c16-9-1-5-11(6-2-9)19-15-13(21-24-22-15)14(20-23)18-12-7-3-10(17)4-8-12/h1-8,23H,(H,18,20)(H,19,22). The molecule has 3 rings (SSSR count). The molecule has 0 spiro atoms. The van der Waals surface area contributed by atoms with E-state index in [1.807, 2.05) is 29.7 Å². The van der Waals surface area contributed by atoms with Crippen LogP contribution in [0, 0.1) is 5.82 Å². The van der Waals surface area contributed by atoms with Crippen molar-refractivity contribution in [3.05, 3.63) is 64.5 Å². The van der Waals surface area contributed by atoms with E-state index in [-0.39, 0.29) is 23.2 Å². The summed E-state index contributed by atoms with van der Waals surface area (Å²) in [4.78, 5) is 4.16. The number of hydrogen-bond donors (Lipinski definition) is 3. The number of amidine groups is 1. The zero-order valence-electron chi connectivity index (χ0n) is 12.1. The highest BCUT2D eigenvalue weighted by atomic mass is 79.9. The van der Waals surface area contributed by atoms with Gasteiger partial charge < -0.3 is 5.32 Å². The largest absolute Gasteiger partial charge is 0.335 e. The molecule has 0 unspecified atom stereocenters. The number of hydrogen-bond acceptors (Lipinski definition) is 6. The molecule has 0 aliphatic carbocycles. The molecule has 1 heterocycles. The molecule has 3 N–H and O–H groups in total. The van der Waals surface area contributed by atoms with E-state index in [9.17, 15) is 9.60 Å². The molecule has 0 saturated heterocycles. The van der Waals surface area contributed by atoms with Gasteiger partial charge in [-0.3, -0.25) is 10.7 Å². The molecule has 3 aromatic rings. The first-order valence-corrected chi connectivity index (χ1v) is 7.55. The quantitative estimate of drug-likeness (QED) is 0.356. The molecule has 9 heteroatoms. The average molecular weight is 392 g/mol. The molecule has 1 aromatic heterocycles. The zero-order valence-corrected chi connectivity index (χ0v) is 13.7. The third-order valence-electron chi connectivity index (χ3n) is 2.99. The zero-order chi connectivity index (χ0) is 16.9. The molecule has 0 saturated carbocycles. The van der Waals surface area contributed by atoms with Gasteiger partial charge in [0.05, 0.1) is 5.69 Å². The van der Waals surface area contributed by atoms with E-state index in [1.54, 1.807) is 0 Å². The second kappa shape index (κ2) is 7.20. The van der Waals surface area contributed by atoms with Crippen molar-refractivity contribution in [3.63, 3.8) is 0 Å². The Morgan fingerprint density at radius 2 is 1.79 bits per heavy atom. The van der Waals surface area contributed by atoms with Gasteiger partial charge >= 0.3 is 0 Å². The van der Waals surface area contributed by atoms with Crippen LogP contribution in [0.15, 0.2) is 62.6 Å². The molecule has 0 bridgehead atoms. The van der Waals surface area contributed by atoms with Gasteiger partial charge in [-0.05, 0) is 58.8 Å². The molecule has 0 radical (unpaired) electrons. The van der Waals surface area contributed by atoms with Crippen LogP contribution in [-0.4, -0.2) is 21.4 Å². The first-order chi connectivity index (χ1) is 11.7. The second-order valence-electron chi connectivity index (χ2n) is 4.64. The Balaban J connectivity index is 1.89. The number of anilines is 2. The maximum absolute atomic E-state index is 12.9. The summed E-state index contributed by atoms with van der Waals surface area (Å²) >= 11 is 3.35. The van der Waals surface area contributed by atoms with Crippen LogP contribution in [0.1, 0.15) is 5.69 Å². The Morgan fingerprint density at radius 3 is 2.46 bits per heavy atom. The topological polar surface area (TPSA) is 95.6 Å². The summed E-state index contributed by atoms with van der Waals surface area (Å²) < 4.78 is 18.6. The lowest BCUT2D eigenvalue weighted by Crippen LogP contribution is -2.21. The van der Waals surface area contributed by atoms with E-state index in [0.29, 0.717) is 5.69 Å². The summed E-state index contributed by atoms with van der Waals surface area (Å²) in [6, 6.07) is 12.8. The van der Waals surface area contributed by atoms with E-state index in [1.165, 1.54) is 24.3 Å². The van der Waals surface area contributed by atoms with Crippen LogP contribution in [0.4, 0.5) is 21.6 Å².